The number of hydrogen-bond donors (Lipinski definition) is 1. The smallest absolute Gasteiger partial charge is 0.258 e. The SMILES string of the molecule is Cc1ccc(F)c(C(=O)Nc2ccsc2)c1. The Balaban J connectivity index is 2.24. The first-order chi connectivity index (χ1) is 7.66. The standard InChI is InChI=1S/C12H10FNOS/c1-8-2-3-11(13)10(6-8)12(15)14-9-4-5-16-7-9/h2-7H,1H3,(H,14,15). The fourth-order valence-electron chi connectivity index (χ4n) is 1.35. The van der Waals surface area contributed by atoms with Crippen LogP contribution in [-0.2, 0) is 0 Å². The maximum atomic E-state index is 13.4. The topological polar surface area (TPSA) is 29.1 Å². The van der Waals surface area contributed by atoms with Gasteiger partial charge < -0.3 is 5.32 Å². The van der Waals surface area contributed by atoms with E-state index in [4.69, 9.17) is 0 Å². The van der Waals surface area contributed by atoms with Crippen molar-refractivity contribution >= 4 is 22.9 Å². The maximum absolute atomic E-state index is 13.4. The van der Waals surface area contributed by atoms with Crippen molar-refractivity contribution in [2.24, 2.45) is 0 Å². The molecule has 4 heteroatoms. The van der Waals surface area contributed by atoms with Crippen LogP contribution in [0.1, 0.15) is 15.9 Å². The quantitative estimate of drug-likeness (QED) is 0.848. The highest BCUT2D eigenvalue weighted by molar-refractivity contribution is 7.08. The number of aryl methyl sites for hydroxylation is 1. The molecule has 0 bridgehead atoms. The van der Waals surface area contributed by atoms with Gasteiger partial charge in [0.1, 0.15) is 5.82 Å². The number of thiophene rings is 1. The van der Waals surface area contributed by atoms with Crippen LogP contribution < -0.4 is 5.32 Å². The van der Waals surface area contributed by atoms with Crippen molar-refractivity contribution in [3.8, 4) is 0 Å². The van der Waals surface area contributed by atoms with E-state index < -0.39 is 11.7 Å². The summed E-state index contributed by atoms with van der Waals surface area (Å²) in [5.41, 5.74) is 1.62. The third-order valence-corrected chi connectivity index (χ3v) is 2.83. The Bertz CT molecular complexity index is 508. The molecule has 0 fully saturated rings. The van der Waals surface area contributed by atoms with Gasteiger partial charge in [-0.05, 0) is 30.5 Å². The first-order valence-electron chi connectivity index (χ1n) is 4.76. The van der Waals surface area contributed by atoms with Crippen LogP contribution in [0.4, 0.5) is 10.1 Å². The Kier molecular flexibility index (Phi) is 3.01. The van der Waals surface area contributed by atoms with E-state index in [1.54, 1.807) is 17.5 Å². The monoisotopic (exact) mass is 235 g/mol. The molecule has 0 radical (unpaired) electrons. The second-order valence-electron chi connectivity index (χ2n) is 3.45. The van der Waals surface area contributed by atoms with Gasteiger partial charge in [-0.1, -0.05) is 11.6 Å². The highest BCUT2D eigenvalue weighted by atomic mass is 32.1. The second kappa shape index (κ2) is 4.45. The zero-order chi connectivity index (χ0) is 11.5. The summed E-state index contributed by atoms with van der Waals surface area (Å²) in [6.07, 6.45) is 0. The van der Waals surface area contributed by atoms with Crippen LogP contribution >= 0.6 is 11.3 Å². The molecular weight excluding hydrogens is 225 g/mol. The van der Waals surface area contributed by atoms with Crippen molar-refractivity contribution in [1.82, 2.24) is 0 Å². The molecule has 2 aromatic rings. The van der Waals surface area contributed by atoms with Gasteiger partial charge in [0.25, 0.3) is 5.91 Å². The summed E-state index contributed by atoms with van der Waals surface area (Å²) in [6.45, 7) is 1.82. The molecule has 16 heavy (non-hydrogen) atoms. The summed E-state index contributed by atoms with van der Waals surface area (Å²) in [4.78, 5) is 11.7. The fourth-order valence-corrected chi connectivity index (χ4v) is 1.93. The van der Waals surface area contributed by atoms with E-state index in [1.165, 1.54) is 23.5 Å². The van der Waals surface area contributed by atoms with Crippen molar-refractivity contribution in [2.45, 2.75) is 6.92 Å². The fraction of sp³-hybridized carbons (Fsp3) is 0.0833. The van der Waals surface area contributed by atoms with Crippen LogP contribution in [0, 0.1) is 12.7 Å². The second-order valence-corrected chi connectivity index (χ2v) is 4.23. The van der Waals surface area contributed by atoms with Crippen LogP contribution in [-0.4, -0.2) is 5.91 Å². The summed E-state index contributed by atoms with van der Waals surface area (Å²) in [6, 6.07) is 6.25. The van der Waals surface area contributed by atoms with Crippen molar-refractivity contribution in [2.75, 3.05) is 5.32 Å². The molecule has 1 N–H and O–H groups in total. The Labute approximate surface area is 96.7 Å². The predicted molar refractivity (Wildman–Crippen MR) is 63.4 cm³/mol. The van der Waals surface area contributed by atoms with Crippen molar-refractivity contribution < 1.29 is 9.18 Å². The van der Waals surface area contributed by atoms with Crippen LogP contribution in [0.3, 0.4) is 0 Å². The molecule has 0 saturated carbocycles. The van der Waals surface area contributed by atoms with E-state index >= 15 is 0 Å². The summed E-state index contributed by atoms with van der Waals surface area (Å²) >= 11 is 1.48. The minimum absolute atomic E-state index is 0.0752. The lowest BCUT2D eigenvalue weighted by atomic mass is 10.1. The van der Waals surface area contributed by atoms with Gasteiger partial charge in [-0.15, -0.1) is 0 Å². The number of amides is 1. The molecule has 1 aromatic heterocycles. The first kappa shape index (κ1) is 10.8. The van der Waals surface area contributed by atoms with E-state index in [0.29, 0.717) is 5.69 Å². The Morgan fingerprint density at radius 2 is 2.19 bits per heavy atom. The zero-order valence-electron chi connectivity index (χ0n) is 8.66. The molecule has 2 nitrogen and oxygen atoms in total. The van der Waals surface area contributed by atoms with E-state index in [0.717, 1.165) is 5.56 Å². The summed E-state index contributed by atoms with van der Waals surface area (Å²) in [5.74, 6) is -0.919. The molecule has 0 aliphatic carbocycles. The number of rotatable bonds is 2. The van der Waals surface area contributed by atoms with E-state index in [-0.39, 0.29) is 5.56 Å². The molecule has 0 saturated heterocycles. The van der Waals surface area contributed by atoms with Gasteiger partial charge in [-0.25, -0.2) is 4.39 Å². The highest BCUT2D eigenvalue weighted by Crippen LogP contribution is 2.15. The molecular formula is C12H10FNOS. The maximum Gasteiger partial charge on any atom is 0.258 e. The van der Waals surface area contributed by atoms with Crippen molar-refractivity contribution in [3.05, 3.63) is 52.0 Å². The van der Waals surface area contributed by atoms with Crippen LogP contribution in [0.5, 0.6) is 0 Å². The molecule has 0 spiro atoms. The largest absolute Gasteiger partial charge is 0.321 e. The third-order valence-electron chi connectivity index (χ3n) is 2.15. The minimum Gasteiger partial charge on any atom is -0.321 e. The van der Waals surface area contributed by atoms with Gasteiger partial charge in [-0.3, -0.25) is 4.79 Å². The number of benzene rings is 1. The van der Waals surface area contributed by atoms with Gasteiger partial charge in [0, 0.05) is 5.38 Å². The summed E-state index contributed by atoms with van der Waals surface area (Å²) in [5, 5.41) is 6.28. The lowest BCUT2D eigenvalue weighted by Crippen LogP contribution is -2.13. The molecule has 0 unspecified atom stereocenters. The number of nitrogens with one attached hydrogen (secondary N) is 1. The molecule has 0 aliphatic heterocycles. The zero-order valence-corrected chi connectivity index (χ0v) is 9.48. The van der Waals surface area contributed by atoms with Gasteiger partial charge in [0.05, 0.1) is 11.3 Å². The lowest BCUT2D eigenvalue weighted by molar-refractivity contribution is 0.102. The average molecular weight is 235 g/mol. The summed E-state index contributed by atoms with van der Waals surface area (Å²) in [7, 11) is 0. The Morgan fingerprint density at radius 1 is 1.38 bits per heavy atom. The normalized spacial score (nSPS) is 10.1. The number of halogens is 1. The van der Waals surface area contributed by atoms with Crippen molar-refractivity contribution in [3.63, 3.8) is 0 Å². The van der Waals surface area contributed by atoms with Gasteiger partial charge >= 0.3 is 0 Å². The molecule has 2 rings (SSSR count). The number of anilines is 1. The highest BCUT2D eigenvalue weighted by Gasteiger charge is 2.11. The Morgan fingerprint density at radius 3 is 2.88 bits per heavy atom. The average Bonchev–Trinajstić information content (AvgIpc) is 2.74. The van der Waals surface area contributed by atoms with Gasteiger partial charge in [-0.2, -0.15) is 11.3 Å². The number of carbonyl (C=O) groups is 1. The molecule has 0 aliphatic rings. The van der Waals surface area contributed by atoms with Gasteiger partial charge in [0.15, 0.2) is 0 Å². The van der Waals surface area contributed by atoms with Gasteiger partial charge in [0.2, 0.25) is 0 Å². The predicted octanol–water partition coefficient (Wildman–Crippen LogP) is 3.45. The third kappa shape index (κ3) is 2.28. The summed E-state index contributed by atoms with van der Waals surface area (Å²) < 4.78 is 13.4. The van der Waals surface area contributed by atoms with Crippen LogP contribution in [0.2, 0.25) is 0 Å². The molecule has 1 heterocycles. The molecule has 1 amide bonds. The van der Waals surface area contributed by atoms with E-state index in [1.807, 2.05) is 12.3 Å². The first-order valence-corrected chi connectivity index (χ1v) is 5.71. The molecule has 0 atom stereocenters. The van der Waals surface area contributed by atoms with Crippen LogP contribution in [0.15, 0.2) is 35.0 Å². The number of carbonyl (C=O) groups excluding carboxylic acids is 1. The van der Waals surface area contributed by atoms with Crippen molar-refractivity contribution in [1.29, 1.82) is 0 Å². The van der Waals surface area contributed by atoms with Crippen LogP contribution in [0.25, 0.3) is 0 Å². The lowest BCUT2D eigenvalue weighted by Gasteiger charge is -2.04. The number of hydrogen-bond acceptors (Lipinski definition) is 2. The van der Waals surface area contributed by atoms with E-state index in [9.17, 15) is 9.18 Å². The minimum atomic E-state index is -0.502. The Hall–Kier alpha value is -1.68. The van der Waals surface area contributed by atoms with E-state index in [2.05, 4.69) is 5.32 Å². The molecule has 82 valence electrons. The molecule has 1 aromatic carbocycles.